The third-order valence-electron chi connectivity index (χ3n) is 12.2. The summed E-state index contributed by atoms with van der Waals surface area (Å²) in [5.74, 6) is 0. The lowest BCUT2D eigenvalue weighted by Gasteiger charge is -2.30. The molecular weight excluding hydrogens is 631 g/mol. The Balaban J connectivity index is 1.21. The number of hydrogen-bond donors (Lipinski definition) is 0. The van der Waals surface area contributed by atoms with Crippen LogP contribution in [0, 0.1) is 0 Å². The molecule has 0 amide bonds. The Labute approximate surface area is 303 Å². The van der Waals surface area contributed by atoms with Crippen molar-refractivity contribution >= 4 is 60.5 Å². The van der Waals surface area contributed by atoms with Crippen LogP contribution >= 0.6 is 0 Å². The van der Waals surface area contributed by atoms with Gasteiger partial charge in [-0.25, -0.2) is 0 Å². The summed E-state index contributed by atoms with van der Waals surface area (Å²) in [6.45, 7) is 9.45. The Morgan fingerprint density at radius 2 is 0.904 bits per heavy atom. The van der Waals surface area contributed by atoms with Crippen LogP contribution in [0.1, 0.15) is 49.9 Å². The van der Waals surface area contributed by atoms with Crippen LogP contribution in [-0.2, 0) is 10.8 Å². The summed E-state index contributed by atoms with van der Waals surface area (Å²) in [5.41, 5.74) is 15.7. The average Bonchev–Trinajstić information content (AvgIpc) is 3.75. The van der Waals surface area contributed by atoms with Crippen molar-refractivity contribution < 1.29 is 4.42 Å². The molecule has 1 aromatic heterocycles. The summed E-state index contributed by atoms with van der Waals surface area (Å²) in [7, 11) is 0. The number of anilines is 3. The van der Waals surface area contributed by atoms with E-state index in [1.807, 2.05) is 0 Å². The normalized spacial score (nSPS) is 14.8. The molecule has 2 aliphatic rings. The van der Waals surface area contributed by atoms with E-state index in [0.29, 0.717) is 0 Å². The van der Waals surface area contributed by atoms with E-state index in [1.54, 1.807) is 0 Å². The fourth-order valence-corrected chi connectivity index (χ4v) is 9.66. The minimum Gasteiger partial charge on any atom is -0.456 e. The van der Waals surface area contributed by atoms with Gasteiger partial charge in [0.2, 0.25) is 0 Å². The van der Waals surface area contributed by atoms with Crippen LogP contribution in [0.5, 0.6) is 0 Å². The molecule has 8 aromatic carbocycles. The molecular formula is C50H37NO. The van der Waals surface area contributed by atoms with Crippen LogP contribution in [0.15, 0.2) is 156 Å². The van der Waals surface area contributed by atoms with Gasteiger partial charge in [-0.1, -0.05) is 143 Å². The molecule has 0 unspecified atom stereocenters. The molecule has 0 bridgehead atoms. The lowest BCUT2D eigenvalue weighted by Crippen LogP contribution is -2.18. The van der Waals surface area contributed by atoms with E-state index in [9.17, 15) is 0 Å². The minimum atomic E-state index is -0.124. The number of fused-ring (bicyclic) bond motifs is 13. The highest BCUT2D eigenvalue weighted by Crippen LogP contribution is 2.54. The predicted octanol–water partition coefficient (Wildman–Crippen LogP) is 14.0. The molecule has 2 aliphatic carbocycles. The topological polar surface area (TPSA) is 16.4 Å². The van der Waals surface area contributed by atoms with Crippen molar-refractivity contribution in [2.45, 2.75) is 38.5 Å². The first-order valence-electron chi connectivity index (χ1n) is 18.4. The molecule has 0 aliphatic heterocycles. The first-order valence-corrected chi connectivity index (χ1v) is 18.4. The molecule has 0 saturated carbocycles. The summed E-state index contributed by atoms with van der Waals surface area (Å²) >= 11 is 0. The Morgan fingerprint density at radius 1 is 0.404 bits per heavy atom. The van der Waals surface area contributed by atoms with Crippen molar-refractivity contribution in [1.82, 2.24) is 0 Å². The van der Waals surface area contributed by atoms with Gasteiger partial charge >= 0.3 is 0 Å². The van der Waals surface area contributed by atoms with Gasteiger partial charge in [0, 0.05) is 44.4 Å². The summed E-state index contributed by atoms with van der Waals surface area (Å²) in [6.07, 6.45) is 0. The second kappa shape index (κ2) is 10.2. The average molecular weight is 668 g/mol. The number of furan rings is 1. The minimum absolute atomic E-state index is 0.124. The molecule has 248 valence electrons. The largest absolute Gasteiger partial charge is 0.456 e. The Bertz CT molecular complexity index is 2870. The van der Waals surface area contributed by atoms with Gasteiger partial charge in [0.1, 0.15) is 11.2 Å². The van der Waals surface area contributed by atoms with E-state index in [2.05, 4.69) is 184 Å². The van der Waals surface area contributed by atoms with E-state index in [0.717, 1.165) is 28.2 Å². The van der Waals surface area contributed by atoms with Gasteiger partial charge in [0.05, 0.1) is 5.69 Å². The van der Waals surface area contributed by atoms with Gasteiger partial charge in [-0.3, -0.25) is 0 Å². The molecule has 52 heavy (non-hydrogen) atoms. The van der Waals surface area contributed by atoms with Crippen molar-refractivity contribution in [2.24, 2.45) is 0 Å². The quantitative estimate of drug-likeness (QED) is 0.186. The van der Waals surface area contributed by atoms with Gasteiger partial charge in [0.25, 0.3) is 0 Å². The molecule has 0 radical (unpaired) electrons. The molecule has 0 fully saturated rings. The van der Waals surface area contributed by atoms with Crippen LogP contribution in [0.25, 0.3) is 65.7 Å². The first kappa shape index (κ1) is 29.6. The smallest absolute Gasteiger partial charge is 0.138 e. The van der Waals surface area contributed by atoms with E-state index >= 15 is 0 Å². The van der Waals surface area contributed by atoms with E-state index in [1.165, 1.54) is 76.8 Å². The zero-order valence-corrected chi connectivity index (χ0v) is 29.8. The molecule has 2 heteroatoms. The lowest BCUT2D eigenvalue weighted by molar-refractivity contribution is 0.660. The fourth-order valence-electron chi connectivity index (χ4n) is 9.66. The molecule has 0 saturated heterocycles. The second-order valence-corrected chi connectivity index (χ2v) is 15.7. The van der Waals surface area contributed by atoms with E-state index in [4.69, 9.17) is 4.42 Å². The summed E-state index contributed by atoms with van der Waals surface area (Å²) in [6, 6.07) is 56.1. The Morgan fingerprint density at radius 3 is 1.54 bits per heavy atom. The molecule has 11 rings (SSSR count). The SMILES string of the molecule is CC1(C)c2ccccc2-c2ccc(N(c3ccc4c(c3)C(C)(C)c3ccccc3-4)c3cc4oc5ccc6ccccc6c5c4c4ccccc34)cc21. The van der Waals surface area contributed by atoms with Crippen LogP contribution in [0.4, 0.5) is 17.1 Å². The van der Waals surface area contributed by atoms with Crippen LogP contribution in [0.2, 0.25) is 0 Å². The number of rotatable bonds is 3. The molecule has 2 nitrogen and oxygen atoms in total. The predicted molar refractivity (Wildman–Crippen MR) is 219 cm³/mol. The third-order valence-corrected chi connectivity index (χ3v) is 12.2. The standard InChI is InChI=1S/C50H37NO/c1-49(2)40-19-11-9-15-34(40)36-24-22-31(27-42(36)49)51(32-23-25-37-35-16-10-12-20-41(35)50(3,4)43(37)28-32)44-29-46-48(39-18-8-7-17-38(39)44)47-33-14-6-5-13-30(33)21-26-45(47)52-46/h5-29H,1-4H3. The number of hydrogen-bond acceptors (Lipinski definition) is 2. The molecule has 1 heterocycles. The highest BCUT2D eigenvalue weighted by Gasteiger charge is 2.38. The summed E-state index contributed by atoms with van der Waals surface area (Å²) in [4.78, 5) is 2.48. The molecule has 0 N–H and O–H groups in total. The van der Waals surface area contributed by atoms with E-state index < -0.39 is 0 Å². The van der Waals surface area contributed by atoms with Gasteiger partial charge in [-0.05, 0) is 91.0 Å². The van der Waals surface area contributed by atoms with Gasteiger partial charge in [-0.2, -0.15) is 0 Å². The maximum atomic E-state index is 6.80. The molecule has 0 spiro atoms. The van der Waals surface area contributed by atoms with Crippen LogP contribution in [0.3, 0.4) is 0 Å². The molecule has 9 aromatic rings. The maximum absolute atomic E-state index is 6.80. The van der Waals surface area contributed by atoms with Gasteiger partial charge in [0.15, 0.2) is 0 Å². The van der Waals surface area contributed by atoms with Crippen LogP contribution < -0.4 is 4.90 Å². The first-order chi connectivity index (χ1) is 25.3. The number of benzene rings is 8. The Kier molecular flexibility index (Phi) is 5.83. The fraction of sp³-hybridized carbons (Fsp3) is 0.120. The van der Waals surface area contributed by atoms with Crippen molar-refractivity contribution in [3.63, 3.8) is 0 Å². The second-order valence-electron chi connectivity index (χ2n) is 15.7. The van der Waals surface area contributed by atoms with Crippen molar-refractivity contribution in [3.8, 4) is 22.3 Å². The highest BCUT2D eigenvalue weighted by molar-refractivity contribution is 6.28. The zero-order chi connectivity index (χ0) is 34.9. The van der Waals surface area contributed by atoms with Crippen molar-refractivity contribution in [1.29, 1.82) is 0 Å². The summed E-state index contributed by atoms with van der Waals surface area (Å²) < 4.78 is 6.80. The van der Waals surface area contributed by atoms with E-state index in [-0.39, 0.29) is 10.8 Å². The maximum Gasteiger partial charge on any atom is 0.138 e. The van der Waals surface area contributed by atoms with Gasteiger partial charge < -0.3 is 9.32 Å². The van der Waals surface area contributed by atoms with Gasteiger partial charge in [-0.15, -0.1) is 0 Å². The monoisotopic (exact) mass is 667 g/mol. The Hall–Kier alpha value is -6.12. The highest BCUT2D eigenvalue weighted by atomic mass is 16.3. The van der Waals surface area contributed by atoms with Crippen molar-refractivity contribution in [2.75, 3.05) is 4.90 Å². The third kappa shape index (κ3) is 3.84. The number of nitrogens with zero attached hydrogens (tertiary/aromatic N) is 1. The zero-order valence-electron chi connectivity index (χ0n) is 29.8. The van der Waals surface area contributed by atoms with Crippen molar-refractivity contribution in [3.05, 3.63) is 174 Å². The molecule has 0 atom stereocenters. The van der Waals surface area contributed by atoms with Crippen LogP contribution in [-0.4, -0.2) is 0 Å². The lowest BCUT2D eigenvalue weighted by atomic mass is 9.82. The summed E-state index contributed by atoms with van der Waals surface area (Å²) in [5, 5.41) is 7.17.